The molecule has 0 unspecified atom stereocenters. The normalized spacial score (nSPS) is 11.5. The Hall–Kier alpha value is -2.61. The Labute approximate surface area is 133 Å². The average Bonchev–Trinajstić information content (AvgIpc) is 2.89. The van der Waals surface area contributed by atoms with Crippen molar-refractivity contribution >= 4 is 11.6 Å². The lowest BCUT2D eigenvalue weighted by Crippen LogP contribution is -2.17. The minimum Gasteiger partial charge on any atom is -0.406 e. The highest BCUT2D eigenvalue weighted by molar-refractivity contribution is 6.32. The number of hydrogen-bond donors (Lipinski definition) is 0. The van der Waals surface area contributed by atoms with Crippen molar-refractivity contribution in [3.05, 3.63) is 54.1 Å². The van der Waals surface area contributed by atoms with Crippen LogP contribution in [0.5, 0.6) is 5.75 Å². The van der Waals surface area contributed by atoms with Crippen molar-refractivity contribution in [3.63, 3.8) is 0 Å². The van der Waals surface area contributed by atoms with Gasteiger partial charge in [0.1, 0.15) is 10.9 Å². The molecule has 5 nitrogen and oxygen atoms in total. The van der Waals surface area contributed by atoms with Crippen LogP contribution in [0.1, 0.15) is 0 Å². The first-order valence-electron chi connectivity index (χ1n) is 6.31. The predicted octanol–water partition coefficient (Wildman–Crippen LogP) is 3.88. The molecule has 0 aliphatic carbocycles. The third-order valence-corrected chi connectivity index (χ3v) is 3.20. The first-order chi connectivity index (χ1) is 10.9. The molecule has 0 saturated heterocycles. The fourth-order valence-corrected chi connectivity index (χ4v) is 2.17. The van der Waals surface area contributed by atoms with Crippen molar-refractivity contribution < 1.29 is 17.9 Å². The zero-order valence-electron chi connectivity index (χ0n) is 11.3. The van der Waals surface area contributed by atoms with Crippen LogP contribution in [0.3, 0.4) is 0 Å². The zero-order valence-corrected chi connectivity index (χ0v) is 12.1. The summed E-state index contributed by atoms with van der Waals surface area (Å²) < 4.78 is 41.6. The molecule has 0 bridgehead atoms. The second-order valence-corrected chi connectivity index (χ2v) is 4.73. The Bertz CT molecular complexity index is 803. The molecule has 2 aromatic heterocycles. The molecule has 118 valence electrons. The minimum atomic E-state index is -4.73. The SMILES string of the molecule is FC(F)(F)Oc1ccc(-n2ncc(-c3ncccn3)c2Cl)cc1. The summed E-state index contributed by atoms with van der Waals surface area (Å²) in [6.07, 6.45) is -0.112. The second-order valence-electron chi connectivity index (χ2n) is 4.37. The molecule has 23 heavy (non-hydrogen) atoms. The number of aromatic nitrogens is 4. The van der Waals surface area contributed by atoms with E-state index in [1.54, 1.807) is 18.5 Å². The van der Waals surface area contributed by atoms with E-state index in [9.17, 15) is 13.2 Å². The summed E-state index contributed by atoms with van der Waals surface area (Å²) in [6.45, 7) is 0. The maximum absolute atomic E-state index is 12.1. The Morgan fingerprint density at radius 1 is 1.04 bits per heavy atom. The van der Waals surface area contributed by atoms with Gasteiger partial charge in [0.2, 0.25) is 0 Å². The van der Waals surface area contributed by atoms with E-state index in [1.165, 1.54) is 35.1 Å². The molecule has 1 aromatic carbocycles. The summed E-state index contributed by atoms with van der Waals surface area (Å²) in [5.41, 5.74) is 0.995. The van der Waals surface area contributed by atoms with Gasteiger partial charge in [-0.3, -0.25) is 0 Å². The lowest BCUT2D eigenvalue weighted by atomic mass is 10.3. The molecule has 3 aromatic rings. The van der Waals surface area contributed by atoms with Crippen molar-refractivity contribution in [2.75, 3.05) is 0 Å². The number of halogens is 4. The molecule has 0 atom stereocenters. The quantitative estimate of drug-likeness (QED) is 0.726. The van der Waals surface area contributed by atoms with Gasteiger partial charge in [-0.25, -0.2) is 14.6 Å². The standard InChI is InChI=1S/C14H8ClF3N4O/c15-12-11(13-19-6-1-7-20-13)8-21-22(12)9-2-4-10(5-3-9)23-14(16,17)18/h1-8H. The lowest BCUT2D eigenvalue weighted by molar-refractivity contribution is -0.274. The number of benzene rings is 1. The van der Waals surface area contributed by atoms with Crippen LogP contribution < -0.4 is 4.74 Å². The van der Waals surface area contributed by atoms with Gasteiger partial charge in [0, 0.05) is 12.4 Å². The van der Waals surface area contributed by atoms with Crippen LogP contribution in [0.15, 0.2) is 48.9 Å². The van der Waals surface area contributed by atoms with E-state index in [0.29, 0.717) is 17.1 Å². The highest BCUT2D eigenvalue weighted by atomic mass is 35.5. The smallest absolute Gasteiger partial charge is 0.406 e. The van der Waals surface area contributed by atoms with E-state index in [2.05, 4.69) is 19.8 Å². The third-order valence-electron chi connectivity index (χ3n) is 2.83. The average molecular weight is 341 g/mol. The van der Waals surface area contributed by atoms with Crippen LogP contribution in [0.4, 0.5) is 13.2 Å². The van der Waals surface area contributed by atoms with Gasteiger partial charge in [-0.2, -0.15) is 5.10 Å². The minimum absolute atomic E-state index is 0.251. The van der Waals surface area contributed by atoms with Crippen molar-refractivity contribution in [2.24, 2.45) is 0 Å². The summed E-state index contributed by atoms with van der Waals surface area (Å²) in [4.78, 5) is 8.15. The monoisotopic (exact) mass is 340 g/mol. The third kappa shape index (κ3) is 3.42. The summed E-state index contributed by atoms with van der Waals surface area (Å²) in [5.74, 6) is 0.0805. The predicted molar refractivity (Wildman–Crippen MR) is 76.3 cm³/mol. The van der Waals surface area contributed by atoms with Crippen LogP contribution in [-0.4, -0.2) is 26.1 Å². The molecule has 3 rings (SSSR count). The first-order valence-corrected chi connectivity index (χ1v) is 6.69. The van der Waals surface area contributed by atoms with E-state index in [1.807, 2.05) is 0 Å². The van der Waals surface area contributed by atoms with Crippen LogP contribution >= 0.6 is 11.6 Å². The largest absolute Gasteiger partial charge is 0.573 e. The molecule has 0 aliphatic heterocycles. The summed E-state index contributed by atoms with van der Waals surface area (Å²) in [5, 5.41) is 4.36. The number of hydrogen-bond acceptors (Lipinski definition) is 4. The molecule has 0 aliphatic rings. The number of ether oxygens (including phenoxy) is 1. The fraction of sp³-hybridized carbons (Fsp3) is 0.0714. The van der Waals surface area contributed by atoms with Crippen LogP contribution in [0.25, 0.3) is 17.1 Å². The number of rotatable bonds is 3. The lowest BCUT2D eigenvalue weighted by Gasteiger charge is -2.09. The van der Waals surface area contributed by atoms with Crippen molar-refractivity contribution in [3.8, 4) is 22.8 Å². The van der Waals surface area contributed by atoms with Crippen molar-refractivity contribution in [1.82, 2.24) is 19.7 Å². The topological polar surface area (TPSA) is 52.8 Å². The summed E-state index contributed by atoms with van der Waals surface area (Å²) in [7, 11) is 0. The van der Waals surface area contributed by atoms with Crippen LogP contribution in [0.2, 0.25) is 5.15 Å². The van der Waals surface area contributed by atoms with Crippen LogP contribution in [-0.2, 0) is 0 Å². The molecule has 0 amide bonds. The first kappa shape index (κ1) is 15.3. The van der Waals surface area contributed by atoms with Gasteiger partial charge in [-0.1, -0.05) is 11.6 Å². The highest BCUT2D eigenvalue weighted by Crippen LogP contribution is 2.28. The van der Waals surface area contributed by atoms with Gasteiger partial charge in [0.15, 0.2) is 5.82 Å². The Morgan fingerprint density at radius 3 is 2.30 bits per heavy atom. The van der Waals surface area contributed by atoms with E-state index in [-0.39, 0.29) is 10.9 Å². The molecule has 0 radical (unpaired) electrons. The van der Waals surface area contributed by atoms with Gasteiger partial charge < -0.3 is 4.74 Å². The van der Waals surface area contributed by atoms with Gasteiger partial charge >= 0.3 is 6.36 Å². The number of nitrogens with zero attached hydrogens (tertiary/aromatic N) is 4. The van der Waals surface area contributed by atoms with E-state index >= 15 is 0 Å². The van der Waals surface area contributed by atoms with Gasteiger partial charge in [-0.15, -0.1) is 13.2 Å². The Kier molecular flexibility index (Phi) is 3.91. The molecule has 0 N–H and O–H groups in total. The molecule has 0 fully saturated rings. The van der Waals surface area contributed by atoms with E-state index < -0.39 is 6.36 Å². The maximum Gasteiger partial charge on any atom is 0.573 e. The molecule has 0 spiro atoms. The number of alkyl halides is 3. The Morgan fingerprint density at radius 2 is 1.70 bits per heavy atom. The van der Waals surface area contributed by atoms with Gasteiger partial charge in [0.25, 0.3) is 0 Å². The molecular formula is C14H8ClF3N4O. The highest BCUT2D eigenvalue weighted by Gasteiger charge is 2.31. The maximum atomic E-state index is 12.1. The summed E-state index contributed by atoms with van der Waals surface area (Å²) >= 11 is 6.25. The molecule has 2 heterocycles. The molecule has 9 heteroatoms. The second kappa shape index (κ2) is 5.88. The van der Waals surface area contributed by atoms with Crippen molar-refractivity contribution in [2.45, 2.75) is 6.36 Å². The van der Waals surface area contributed by atoms with Gasteiger partial charge in [0.05, 0.1) is 17.4 Å². The van der Waals surface area contributed by atoms with E-state index in [0.717, 1.165) is 0 Å². The zero-order chi connectivity index (χ0) is 16.4. The fourth-order valence-electron chi connectivity index (χ4n) is 1.89. The van der Waals surface area contributed by atoms with E-state index in [4.69, 9.17) is 11.6 Å². The van der Waals surface area contributed by atoms with Crippen molar-refractivity contribution in [1.29, 1.82) is 0 Å². The molecular weight excluding hydrogens is 333 g/mol. The molecule has 0 saturated carbocycles. The van der Waals surface area contributed by atoms with Gasteiger partial charge in [-0.05, 0) is 30.3 Å². The summed E-state index contributed by atoms with van der Waals surface area (Å²) in [6, 6.07) is 6.85. The van der Waals surface area contributed by atoms with Crippen LogP contribution in [0, 0.1) is 0 Å². The Balaban J connectivity index is 1.90.